The lowest BCUT2D eigenvalue weighted by molar-refractivity contribution is 0.395. The van der Waals surface area contributed by atoms with Gasteiger partial charge in [0.05, 0.1) is 11.6 Å². The topological polar surface area (TPSA) is 54.2 Å². The summed E-state index contributed by atoms with van der Waals surface area (Å²) in [6.07, 6.45) is 2.15. The first-order valence-corrected chi connectivity index (χ1v) is 11.1. The first-order valence-electron chi connectivity index (χ1n) is 10.7. The van der Waals surface area contributed by atoms with E-state index in [4.69, 9.17) is 21.7 Å². The quantitative estimate of drug-likeness (QED) is 0.496. The fraction of sp³-hybridized carbons (Fsp3) is 0.320. The Balaban J connectivity index is 1.80. The van der Waals surface area contributed by atoms with Gasteiger partial charge in [-0.1, -0.05) is 72.1 Å². The first-order chi connectivity index (χ1) is 15.0. The Morgan fingerprint density at radius 2 is 1.84 bits per heavy atom. The predicted molar refractivity (Wildman–Crippen MR) is 128 cm³/mol. The lowest BCUT2D eigenvalue weighted by atomic mass is 9.94. The van der Waals surface area contributed by atoms with Gasteiger partial charge in [-0.15, -0.1) is 0 Å². The van der Waals surface area contributed by atoms with Crippen LogP contribution >= 0.6 is 12.2 Å². The smallest absolute Gasteiger partial charge is 0.258 e. The number of aromatic nitrogens is 2. The summed E-state index contributed by atoms with van der Waals surface area (Å²) in [4.78, 5) is 6.93. The van der Waals surface area contributed by atoms with E-state index >= 15 is 0 Å². The zero-order valence-corrected chi connectivity index (χ0v) is 19.3. The second kappa shape index (κ2) is 9.02. The SMILES string of the molecule is CCCCN1C(=S)NC(c2ccc(C)cc2)C(c2nc(-c3cccc(C)c3)no2)=C1C. The van der Waals surface area contributed by atoms with Crippen molar-refractivity contribution in [2.24, 2.45) is 0 Å². The highest BCUT2D eigenvalue weighted by molar-refractivity contribution is 7.80. The van der Waals surface area contributed by atoms with Gasteiger partial charge in [0.15, 0.2) is 5.11 Å². The number of unbranched alkanes of at least 4 members (excludes halogenated alkanes) is 1. The maximum Gasteiger partial charge on any atom is 0.258 e. The van der Waals surface area contributed by atoms with Crippen LogP contribution in [-0.2, 0) is 0 Å². The minimum Gasteiger partial charge on any atom is -0.351 e. The molecule has 0 amide bonds. The van der Waals surface area contributed by atoms with Crippen LogP contribution in [0.5, 0.6) is 0 Å². The molecule has 0 radical (unpaired) electrons. The van der Waals surface area contributed by atoms with E-state index in [1.165, 1.54) is 5.56 Å². The van der Waals surface area contributed by atoms with Crippen molar-refractivity contribution in [3.8, 4) is 11.4 Å². The number of aryl methyl sites for hydroxylation is 2. The van der Waals surface area contributed by atoms with Crippen LogP contribution in [0.1, 0.15) is 55.3 Å². The zero-order chi connectivity index (χ0) is 22.0. The van der Waals surface area contributed by atoms with E-state index < -0.39 is 0 Å². The minimum atomic E-state index is -0.142. The van der Waals surface area contributed by atoms with Crippen molar-refractivity contribution in [3.63, 3.8) is 0 Å². The largest absolute Gasteiger partial charge is 0.351 e. The van der Waals surface area contributed by atoms with Crippen molar-refractivity contribution in [2.45, 2.75) is 46.6 Å². The lowest BCUT2D eigenvalue weighted by Gasteiger charge is -2.37. The van der Waals surface area contributed by atoms with Gasteiger partial charge in [0.25, 0.3) is 5.89 Å². The van der Waals surface area contributed by atoms with Gasteiger partial charge < -0.3 is 14.7 Å². The average molecular weight is 433 g/mol. The first kappa shape index (κ1) is 21.2. The predicted octanol–water partition coefficient (Wildman–Crippen LogP) is 5.82. The van der Waals surface area contributed by atoms with Gasteiger partial charge in [0.2, 0.25) is 5.82 Å². The van der Waals surface area contributed by atoms with Crippen LogP contribution in [0.3, 0.4) is 0 Å². The Labute approximate surface area is 189 Å². The molecule has 3 aromatic rings. The highest BCUT2D eigenvalue weighted by atomic mass is 32.1. The number of hydrogen-bond acceptors (Lipinski definition) is 4. The molecular weight excluding hydrogens is 404 g/mol. The summed E-state index contributed by atoms with van der Waals surface area (Å²) in [5, 5.41) is 8.54. The molecule has 4 rings (SSSR count). The Morgan fingerprint density at radius 1 is 1.06 bits per heavy atom. The van der Waals surface area contributed by atoms with Gasteiger partial charge in [0.1, 0.15) is 0 Å². The van der Waals surface area contributed by atoms with E-state index in [-0.39, 0.29) is 6.04 Å². The van der Waals surface area contributed by atoms with E-state index in [1.807, 2.05) is 12.1 Å². The van der Waals surface area contributed by atoms with Crippen molar-refractivity contribution in [3.05, 3.63) is 76.8 Å². The summed E-state index contributed by atoms with van der Waals surface area (Å²) in [6.45, 7) is 9.28. The number of benzene rings is 2. The van der Waals surface area contributed by atoms with E-state index in [0.717, 1.165) is 52.5 Å². The number of thiocarbonyl (C=S) groups is 1. The number of nitrogens with one attached hydrogen (secondary N) is 1. The summed E-state index contributed by atoms with van der Waals surface area (Å²) >= 11 is 5.73. The summed E-state index contributed by atoms with van der Waals surface area (Å²) < 4.78 is 5.80. The minimum absolute atomic E-state index is 0.142. The third kappa shape index (κ3) is 4.39. The standard InChI is InChI=1S/C25H28N4OS/c1-5-6-14-29-18(4)21(22(26-25(29)31)19-12-10-16(2)11-13-19)24-27-23(28-30-24)20-9-7-8-17(3)15-20/h7-13,15,22H,5-6,14H2,1-4H3,(H,26,31). The number of allylic oxidation sites excluding steroid dienone is 1. The van der Waals surface area contributed by atoms with Crippen LogP contribution in [0, 0.1) is 13.8 Å². The van der Waals surface area contributed by atoms with Crippen LogP contribution in [0.15, 0.2) is 58.8 Å². The van der Waals surface area contributed by atoms with Gasteiger partial charge in [-0.25, -0.2) is 0 Å². The lowest BCUT2D eigenvalue weighted by Crippen LogP contribution is -2.46. The molecule has 5 nitrogen and oxygen atoms in total. The highest BCUT2D eigenvalue weighted by Crippen LogP contribution is 2.37. The Hall–Kier alpha value is -2.99. The molecular formula is C25H28N4OS. The molecule has 2 heterocycles. The third-order valence-electron chi connectivity index (χ3n) is 5.67. The summed E-state index contributed by atoms with van der Waals surface area (Å²) in [5.74, 6) is 1.12. The second-order valence-corrected chi connectivity index (χ2v) is 8.48. The monoisotopic (exact) mass is 432 g/mol. The van der Waals surface area contributed by atoms with Gasteiger partial charge in [-0.05, 0) is 51.0 Å². The normalized spacial score (nSPS) is 16.6. The van der Waals surface area contributed by atoms with Crippen LogP contribution in [0.2, 0.25) is 0 Å². The van der Waals surface area contributed by atoms with Crippen molar-refractivity contribution < 1.29 is 4.52 Å². The highest BCUT2D eigenvalue weighted by Gasteiger charge is 2.33. The summed E-state index contributed by atoms with van der Waals surface area (Å²) in [7, 11) is 0. The number of rotatable bonds is 6. The van der Waals surface area contributed by atoms with Crippen molar-refractivity contribution >= 4 is 22.9 Å². The zero-order valence-electron chi connectivity index (χ0n) is 18.5. The van der Waals surface area contributed by atoms with Crippen molar-refractivity contribution in [2.75, 3.05) is 6.54 Å². The molecule has 0 spiro atoms. The molecule has 1 aliphatic rings. The molecule has 6 heteroatoms. The molecule has 0 aliphatic carbocycles. The van der Waals surface area contributed by atoms with Crippen LogP contribution in [0.4, 0.5) is 0 Å². The summed E-state index contributed by atoms with van der Waals surface area (Å²) in [5.41, 5.74) is 6.47. The molecule has 0 fully saturated rings. The Kier molecular flexibility index (Phi) is 6.18. The summed E-state index contributed by atoms with van der Waals surface area (Å²) in [6, 6.07) is 16.5. The van der Waals surface area contributed by atoms with Crippen LogP contribution in [0.25, 0.3) is 17.0 Å². The second-order valence-electron chi connectivity index (χ2n) is 8.09. The maximum absolute atomic E-state index is 5.80. The van der Waals surface area contributed by atoms with Crippen LogP contribution < -0.4 is 5.32 Å². The van der Waals surface area contributed by atoms with Crippen molar-refractivity contribution in [1.29, 1.82) is 0 Å². The molecule has 0 saturated carbocycles. The van der Waals surface area contributed by atoms with Gasteiger partial charge in [-0.3, -0.25) is 0 Å². The van der Waals surface area contributed by atoms with E-state index in [0.29, 0.717) is 11.7 Å². The number of hydrogen-bond donors (Lipinski definition) is 1. The van der Waals surface area contributed by atoms with Crippen molar-refractivity contribution in [1.82, 2.24) is 20.4 Å². The molecule has 1 aromatic heterocycles. The van der Waals surface area contributed by atoms with E-state index in [9.17, 15) is 0 Å². The molecule has 1 N–H and O–H groups in total. The number of nitrogens with zero attached hydrogens (tertiary/aromatic N) is 3. The van der Waals surface area contributed by atoms with Gasteiger partial charge in [0, 0.05) is 17.8 Å². The molecule has 1 unspecified atom stereocenters. The molecule has 1 aliphatic heterocycles. The van der Waals surface area contributed by atoms with Gasteiger partial charge in [-0.2, -0.15) is 4.98 Å². The van der Waals surface area contributed by atoms with Crippen LogP contribution in [-0.4, -0.2) is 26.7 Å². The molecule has 2 aromatic carbocycles. The average Bonchev–Trinajstić information content (AvgIpc) is 3.23. The fourth-order valence-corrected chi connectivity index (χ4v) is 4.23. The molecule has 160 valence electrons. The van der Waals surface area contributed by atoms with E-state index in [1.54, 1.807) is 0 Å². The Morgan fingerprint density at radius 3 is 2.55 bits per heavy atom. The van der Waals surface area contributed by atoms with Gasteiger partial charge >= 0.3 is 0 Å². The maximum atomic E-state index is 5.80. The Bertz CT molecular complexity index is 1120. The fourth-order valence-electron chi connectivity index (χ4n) is 3.89. The molecule has 0 bridgehead atoms. The molecule has 0 saturated heterocycles. The van der Waals surface area contributed by atoms with E-state index in [2.05, 4.69) is 79.5 Å². The third-order valence-corrected chi connectivity index (χ3v) is 6.01. The molecule has 1 atom stereocenters. The molecule has 31 heavy (non-hydrogen) atoms.